The largest absolute Gasteiger partial charge is 0.444 e. The van der Waals surface area contributed by atoms with E-state index < -0.39 is 16.5 Å². The number of hydrogen-bond acceptors (Lipinski definition) is 5. The van der Waals surface area contributed by atoms with Crippen LogP contribution in [0, 0.1) is 5.92 Å². The maximum atomic E-state index is 11.6. The third kappa shape index (κ3) is 5.58. The van der Waals surface area contributed by atoms with Gasteiger partial charge in [0.15, 0.2) is 0 Å². The molecule has 2 N–H and O–H groups in total. The summed E-state index contributed by atoms with van der Waals surface area (Å²) in [7, 11) is -2.90. The van der Waals surface area contributed by atoms with Crippen LogP contribution in [0.3, 0.4) is 0 Å². The molecule has 1 aliphatic heterocycles. The number of carbonyl (C=O) groups excluding carboxylic acids is 1. The lowest BCUT2D eigenvalue weighted by Crippen LogP contribution is -2.53. The molecule has 0 atom stereocenters. The summed E-state index contributed by atoms with van der Waals surface area (Å²) in [5, 5.41) is 0. The molecule has 1 fully saturated rings. The van der Waals surface area contributed by atoms with Crippen LogP contribution in [-0.4, -0.2) is 51.7 Å². The summed E-state index contributed by atoms with van der Waals surface area (Å²) in [4.78, 5) is 13.1. The van der Waals surface area contributed by atoms with Crippen molar-refractivity contribution in [2.45, 2.75) is 26.4 Å². The third-order valence-electron chi connectivity index (χ3n) is 2.14. The van der Waals surface area contributed by atoms with E-state index in [2.05, 4.69) is 0 Å². The average Bonchev–Trinajstić information content (AvgIpc) is 1.94. The van der Waals surface area contributed by atoms with Crippen LogP contribution < -0.4 is 0 Å². The zero-order chi connectivity index (χ0) is 13.3. The number of carbonyl (C=O) groups is 1. The van der Waals surface area contributed by atoms with Gasteiger partial charge in [-0.1, -0.05) is 0 Å². The van der Waals surface area contributed by atoms with E-state index in [-0.39, 0.29) is 18.6 Å². The fraction of sp³-hybridized carbons (Fsp3) is 0.900. The first-order valence-electron chi connectivity index (χ1n) is 5.42. The summed E-state index contributed by atoms with van der Waals surface area (Å²) in [5.74, 6) is 0.147. The molecule has 102 valence electrons. The molecule has 0 aliphatic carbocycles. The summed E-state index contributed by atoms with van der Waals surface area (Å²) in [6.45, 7) is 6.76. The molecule has 1 rings (SSSR count). The van der Waals surface area contributed by atoms with Gasteiger partial charge in [0.05, 0.1) is 17.5 Å². The van der Waals surface area contributed by atoms with Crippen molar-refractivity contribution in [2.24, 2.45) is 5.92 Å². The van der Waals surface area contributed by atoms with E-state index in [4.69, 9.17) is 18.0 Å². The summed E-state index contributed by atoms with van der Waals surface area (Å²) in [5.41, 5.74) is -0.489. The molecule has 1 aliphatic rings. The molecule has 0 aromatic rings. The molecule has 0 unspecified atom stereocenters. The van der Waals surface area contributed by atoms with Gasteiger partial charge < -0.3 is 18.7 Å². The van der Waals surface area contributed by atoms with Crippen LogP contribution >= 0.6 is 10.9 Å². The van der Waals surface area contributed by atoms with E-state index in [0.29, 0.717) is 13.1 Å². The van der Waals surface area contributed by atoms with Crippen molar-refractivity contribution >= 4 is 17.0 Å². The second-order valence-corrected chi connectivity index (χ2v) is 7.06. The van der Waals surface area contributed by atoms with Gasteiger partial charge in [-0.3, -0.25) is 4.18 Å². The van der Waals surface area contributed by atoms with Crippen LogP contribution in [0.4, 0.5) is 4.79 Å². The van der Waals surface area contributed by atoms with Gasteiger partial charge in [0.2, 0.25) is 0 Å². The highest BCUT2D eigenvalue weighted by molar-refractivity contribution is 8.19. The SMILES string of the molecule is CC(C)(C)OC(=O)N1CC(COS(C)(O)O)C1. The van der Waals surface area contributed by atoms with Crippen molar-refractivity contribution in [1.29, 1.82) is 0 Å². The van der Waals surface area contributed by atoms with Crippen LogP contribution in [0.25, 0.3) is 0 Å². The zero-order valence-corrected chi connectivity index (χ0v) is 11.5. The maximum Gasteiger partial charge on any atom is 0.410 e. The predicted octanol–water partition coefficient (Wildman–Crippen LogP) is 2.17. The molecule has 17 heavy (non-hydrogen) atoms. The standard InChI is InChI=1S/C10H21NO5S/c1-10(2,3)16-9(12)11-5-8(6-11)7-15-17(4,13)14/h8,13-14H,5-7H2,1-4H3. The smallest absolute Gasteiger partial charge is 0.410 e. The van der Waals surface area contributed by atoms with Crippen LogP contribution in [0.2, 0.25) is 0 Å². The lowest BCUT2D eigenvalue weighted by molar-refractivity contribution is -0.00797. The number of hydrogen-bond donors (Lipinski definition) is 2. The number of rotatable bonds is 3. The van der Waals surface area contributed by atoms with Crippen molar-refractivity contribution < 1.29 is 22.8 Å². The summed E-state index contributed by atoms with van der Waals surface area (Å²) < 4.78 is 28.1. The highest BCUT2D eigenvalue weighted by Gasteiger charge is 2.34. The topological polar surface area (TPSA) is 79.2 Å². The fourth-order valence-electron chi connectivity index (χ4n) is 1.38. The second kappa shape index (κ2) is 5.01. The first-order chi connectivity index (χ1) is 7.57. The molecule has 0 spiro atoms. The molecular weight excluding hydrogens is 246 g/mol. The molecule has 0 radical (unpaired) electrons. The van der Waals surface area contributed by atoms with Gasteiger partial charge in [0.1, 0.15) is 5.60 Å². The molecule has 7 heteroatoms. The highest BCUT2D eigenvalue weighted by atomic mass is 32.3. The quantitative estimate of drug-likeness (QED) is 0.819. The van der Waals surface area contributed by atoms with Crippen LogP contribution in [-0.2, 0) is 8.92 Å². The van der Waals surface area contributed by atoms with Gasteiger partial charge in [-0.2, -0.15) is 0 Å². The fourth-order valence-corrected chi connectivity index (χ4v) is 1.83. The average molecular weight is 267 g/mol. The zero-order valence-electron chi connectivity index (χ0n) is 10.7. The van der Waals surface area contributed by atoms with Gasteiger partial charge in [-0.05, 0) is 20.8 Å². The van der Waals surface area contributed by atoms with Gasteiger partial charge >= 0.3 is 6.09 Å². The second-order valence-electron chi connectivity index (χ2n) is 5.30. The minimum atomic E-state index is -2.90. The lowest BCUT2D eigenvalue weighted by atomic mass is 10.0. The molecule has 1 amide bonds. The summed E-state index contributed by atoms with van der Waals surface area (Å²) >= 11 is 0. The lowest BCUT2D eigenvalue weighted by Gasteiger charge is -2.40. The normalized spacial score (nSPS) is 18.8. The van der Waals surface area contributed by atoms with Crippen LogP contribution in [0.1, 0.15) is 20.8 Å². The van der Waals surface area contributed by atoms with E-state index >= 15 is 0 Å². The summed E-state index contributed by atoms with van der Waals surface area (Å²) in [6, 6.07) is 0. The van der Waals surface area contributed by atoms with Crippen molar-refractivity contribution in [3.05, 3.63) is 0 Å². The van der Waals surface area contributed by atoms with E-state index in [1.807, 2.05) is 20.8 Å². The Morgan fingerprint density at radius 1 is 1.41 bits per heavy atom. The van der Waals surface area contributed by atoms with Crippen molar-refractivity contribution in [1.82, 2.24) is 4.90 Å². The van der Waals surface area contributed by atoms with Crippen molar-refractivity contribution in [3.8, 4) is 0 Å². The van der Waals surface area contributed by atoms with Gasteiger partial charge in [-0.25, -0.2) is 4.79 Å². The van der Waals surface area contributed by atoms with Crippen LogP contribution in [0.5, 0.6) is 0 Å². The minimum absolute atomic E-state index is 0.147. The monoisotopic (exact) mass is 267 g/mol. The van der Waals surface area contributed by atoms with Gasteiger partial charge in [0, 0.05) is 25.3 Å². The molecule has 0 aromatic heterocycles. The number of likely N-dealkylation sites (tertiary alicyclic amines) is 1. The Morgan fingerprint density at radius 3 is 2.35 bits per heavy atom. The molecule has 0 aromatic carbocycles. The predicted molar refractivity (Wildman–Crippen MR) is 66.0 cm³/mol. The molecule has 0 bridgehead atoms. The molecule has 1 saturated heterocycles. The number of nitrogens with zero attached hydrogens (tertiary/aromatic N) is 1. The Labute approximate surface area is 103 Å². The third-order valence-corrected chi connectivity index (χ3v) is 2.72. The first kappa shape index (κ1) is 14.6. The molecule has 0 saturated carbocycles. The molecule has 6 nitrogen and oxygen atoms in total. The van der Waals surface area contributed by atoms with Crippen molar-refractivity contribution in [3.63, 3.8) is 0 Å². The first-order valence-corrected chi connectivity index (χ1v) is 7.30. The number of ether oxygens (including phenoxy) is 1. The van der Waals surface area contributed by atoms with Gasteiger partial charge in [0.25, 0.3) is 0 Å². The number of amides is 1. The molecule has 1 heterocycles. The Bertz CT molecular complexity index is 277. The van der Waals surface area contributed by atoms with Crippen LogP contribution in [0.15, 0.2) is 0 Å². The Kier molecular flexibility index (Phi) is 4.29. The van der Waals surface area contributed by atoms with Crippen molar-refractivity contribution in [2.75, 3.05) is 26.0 Å². The Balaban J connectivity index is 2.21. The van der Waals surface area contributed by atoms with E-state index in [1.54, 1.807) is 4.90 Å². The van der Waals surface area contributed by atoms with E-state index in [1.165, 1.54) is 6.26 Å². The highest BCUT2D eigenvalue weighted by Crippen LogP contribution is 2.36. The Hall–Kier alpha value is -0.500. The maximum absolute atomic E-state index is 11.6. The van der Waals surface area contributed by atoms with E-state index in [0.717, 1.165) is 0 Å². The van der Waals surface area contributed by atoms with Gasteiger partial charge in [-0.15, -0.1) is 0 Å². The Morgan fingerprint density at radius 2 is 1.94 bits per heavy atom. The summed E-state index contributed by atoms with van der Waals surface area (Å²) in [6.07, 6.45) is 0.897. The molecular formula is C10H21NO5S. The van der Waals surface area contributed by atoms with E-state index in [9.17, 15) is 4.79 Å². The minimum Gasteiger partial charge on any atom is -0.444 e.